The first-order chi connectivity index (χ1) is 12.5. The van der Waals surface area contributed by atoms with Crippen molar-refractivity contribution in [1.29, 1.82) is 0 Å². The van der Waals surface area contributed by atoms with E-state index in [-0.39, 0.29) is 0 Å². The third-order valence-corrected chi connectivity index (χ3v) is 4.06. The molecule has 1 unspecified atom stereocenters. The molecule has 0 aromatic heterocycles. The molecule has 1 aliphatic heterocycles. The van der Waals surface area contributed by atoms with E-state index in [9.17, 15) is 19.2 Å². The Bertz CT molecular complexity index is 758. The second kappa shape index (κ2) is 7.65. The minimum absolute atomic E-state index is 0.515. The fraction of sp³-hybridized carbons (Fsp3) is 0.444. The predicted molar refractivity (Wildman–Crippen MR) is 99.3 cm³/mol. The molecule has 2 rings (SSSR count). The lowest BCUT2D eigenvalue weighted by molar-refractivity contribution is -0.155. The summed E-state index contributed by atoms with van der Waals surface area (Å²) in [5.41, 5.74) is 0.465. The van der Waals surface area contributed by atoms with Gasteiger partial charge in [-0.15, -0.1) is 0 Å². The zero-order valence-corrected chi connectivity index (χ0v) is 16.0. The van der Waals surface area contributed by atoms with Crippen LogP contribution in [0, 0.1) is 0 Å². The number of imide groups is 1. The van der Waals surface area contributed by atoms with Crippen LogP contribution in [0.15, 0.2) is 24.3 Å². The van der Waals surface area contributed by atoms with Gasteiger partial charge in [0, 0.05) is 25.5 Å². The number of hydrogen-bond donors (Lipinski definition) is 2. The summed E-state index contributed by atoms with van der Waals surface area (Å²) in [7, 11) is 3.81. The van der Waals surface area contributed by atoms with E-state index in [1.807, 2.05) is 31.1 Å². The summed E-state index contributed by atoms with van der Waals surface area (Å²) in [6.07, 6.45) is -1.08. The third-order valence-electron chi connectivity index (χ3n) is 4.06. The largest absolute Gasteiger partial charge is 0.451 e. The monoisotopic (exact) mass is 376 g/mol. The third kappa shape index (κ3) is 4.75. The molecule has 146 valence electrons. The molecule has 27 heavy (non-hydrogen) atoms. The van der Waals surface area contributed by atoms with E-state index in [4.69, 9.17) is 4.74 Å². The van der Waals surface area contributed by atoms with Crippen molar-refractivity contribution in [2.45, 2.75) is 32.4 Å². The second-order valence-electron chi connectivity index (χ2n) is 7.01. The summed E-state index contributed by atoms with van der Waals surface area (Å²) in [6.45, 7) is 3.94. The van der Waals surface area contributed by atoms with Crippen LogP contribution < -0.4 is 15.5 Å². The maximum absolute atomic E-state index is 12.2. The predicted octanol–water partition coefficient (Wildman–Crippen LogP) is 0.953. The highest BCUT2D eigenvalue weighted by molar-refractivity contribution is 6.08. The standard InChI is InChI=1S/C18H24N4O5/c1-11(15(24)19-12-6-8-13(9-7-12)21(4)5)27-14(23)10-22-16(25)18(2,3)20-17(22)26/h6-9,11H,10H2,1-5H3,(H,19,24)(H,20,26). The van der Waals surface area contributed by atoms with Crippen molar-refractivity contribution < 1.29 is 23.9 Å². The number of nitrogens with zero attached hydrogens (tertiary/aromatic N) is 2. The summed E-state index contributed by atoms with van der Waals surface area (Å²) in [6, 6.07) is 6.48. The van der Waals surface area contributed by atoms with E-state index in [1.165, 1.54) is 20.8 Å². The summed E-state index contributed by atoms with van der Waals surface area (Å²) in [5, 5.41) is 5.11. The Kier molecular flexibility index (Phi) is 5.72. The smallest absolute Gasteiger partial charge is 0.327 e. The van der Waals surface area contributed by atoms with Gasteiger partial charge in [0.05, 0.1) is 0 Å². The van der Waals surface area contributed by atoms with Crippen LogP contribution in [-0.4, -0.2) is 61.0 Å². The lowest BCUT2D eigenvalue weighted by Gasteiger charge is -2.18. The van der Waals surface area contributed by atoms with Gasteiger partial charge in [0.15, 0.2) is 6.10 Å². The van der Waals surface area contributed by atoms with Crippen LogP contribution in [0.25, 0.3) is 0 Å². The van der Waals surface area contributed by atoms with E-state index >= 15 is 0 Å². The Balaban J connectivity index is 1.89. The average molecular weight is 376 g/mol. The van der Waals surface area contributed by atoms with Crippen LogP contribution in [0.4, 0.5) is 16.2 Å². The van der Waals surface area contributed by atoms with Gasteiger partial charge in [0.2, 0.25) is 0 Å². The second-order valence-corrected chi connectivity index (χ2v) is 7.01. The molecule has 4 amide bonds. The maximum Gasteiger partial charge on any atom is 0.327 e. The first-order valence-electron chi connectivity index (χ1n) is 8.43. The van der Waals surface area contributed by atoms with Crippen LogP contribution in [0.2, 0.25) is 0 Å². The number of carbonyl (C=O) groups excluding carboxylic acids is 4. The van der Waals surface area contributed by atoms with Crippen LogP contribution >= 0.6 is 0 Å². The SMILES string of the molecule is CC(OC(=O)CN1C(=O)NC(C)(C)C1=O)C(=O)Nc1ccc(N(C)C)cc1. The van der Waals surface area contributed by atoms with E-state index in [0.29, 0.717) is 5.69 Å². The van der Waals surface area contributed by atoms with Gasteiger partial charge in [-0.2, -0.15) is 0 Å². The Labute approximate surface area is 157 Å². The van der Waals surface area contributed by atoms with Crippen molar-refractivity contribution in [2.75, 3.05) is 30.9 Å². The van der Waals surface area contributed by atoms with Gasteiger partial charge in [-0.05, 0) is 45.0 Å². The van der Waals surface area contributed by atoms with Crippen molar-refractivity contribution in [3.8, 4) is 0 Å². The number of nitrogens with one attached hydrogen (secondary N) is 2. The number of anilines is 2. The molecule has 2 N–H and O–H groups in total. The minimum Gasteiger partial charge on any atom is -0.451 e. The van der Waals surface area contributed by atoms with Gasteiger partial charge >= 0.3 is 12.0 Å². The zero-order valence-electron chi connectivity index (χ0n) is 16.0. The molecule has 9 heteroatoms. The molecule has 0 radical (unpaired) electrons. The van der Waals surface area contributed by atoms with Crippen LogP contribution in [0.3, 0.4) is 0 Å². The number of ether oxygens (including phenoxy) is 1. The quantitative estimate of drug-likeness (QED) is 0.565. The van der Waals surface area contributed by atoms with E-state index in [0.717, 1.165) is 10.6 Å². The molecule has 0 aliphatic carbocycles. The molecule has 0 bridgehead atoms. The molecule has 1 atom stereocenters. The number of esters is 1. The summed E-state index contributed by atoms with van der Waals surface area (Å²) < 4.78 is 5.04. The van der Waals surface area contributed by atoms with Gasteiger partial charge < -0.3 is 20.3 Å². The van der Waals surface area contributed by atoms with Gasteiger partial charge in [-0.1, -0.05) is 0 Å². The van der Waals surface area contributed by atoms with Crippen molar-refractivity contribution in [3.05, 3.63) is 24.3 Å². The Morgan fingerprint density at radius 3 is 2.30 bits per heavy atom. The number of hydrogen-bond acceptors (Lipinski definition) is 6. The molecule has 0 saturated carbocycles. The van der Waals surface area contributed by atoms with Gasteiger partial charge in [0.1, 0.15) is 12.1 Å². The highest BCUT2D eigenvalue weighted by Crippen LogP contribution is 2.17. The molecule has 1 saturated heterocycles. The topological polar surface area (TPSA) is 108 Å². The highest BCUT2D eigenvalue weighted by Gasteiger charge is 2.45. The summed E-state index contributed by atoms with van der Waals surface area (Å²) >= 11 is 0. The Morgan fingerprint density at radius 2 is 1.81 bits per heavy atom. The van der Waals surface area contributed by atoms with Crippen LogP contribution in [0.5, 0.6) is 0 Å². The fourth-order valence-electron chi connectivity index (χ4n) is 2.47. The van der Waals surface area contributed by atoms with Gasteiger partial charge in [-0.25, -0.2) is 4.79 Å². The number of amides is 4. The summed E-state index contributed by atoms with van der Waals surface area (Å²) in [5.74, 6) is -1.89. The fourth-order valence-corrected chi connectivity index (χ4v) is 2.47. The molecular formula is C18H24N4O5. The van der Waals surface area contributed by atoms with E-state index in [2.05, 4.69) is 10.6 Å². The summed E-state index contributed by atoms with van der Waals surface area (Å²) in [4.78, 5) is 50.7. The van der Waals surface area contributed by atoms with Crippen molar-refractivity contribution >= 4 is 35.2 Å². The van der Waals surface area contributed by atoms with Crippen LogP contribution in [-0.2, 0) is 19.1 Å². The lowest BCUT2D eigenvalue weighted by atomic mass is 10.1. The number of carbonyl (C=O) groups is 4. The first kappa shape index (κ1) is 20.2. The molecular weight excluding hydrogens is 352 g/mol. The Morgan fingerprint density at radius 1 is 1.22 bits per heavy atom. The van der Waals surface area contributed by atoms with Gasteiger partial charge in [0.25, 0.3) is 11.8 Å². The minimum atomic E-state index is -1.08. The first-order valence-corrected chi connectivity index (χ1v) is 8.43. The normalized spacial score (nSPS) is 16.6. The number of benzene rings is 1. The van der Waals surface area contributed by atoms with Crippen molar-refractivity contribution in [3.63, 3.8) is 0 Å². The van der Waals surface area contributed by atoms with Crippen molar-refractivity contribution in [1.82, 2.24) is 10.2 Å². The Hall–Kier alpha value is -3.10. The molecule has 9 nitrogen and oxygen atoms in total. The highest BCUT2D eigenvalue weighted by atomic mass is 16.5. The van der Waals surface area contributed by atoms with Gasteiger partial charge in [-0.3, -0.25) is 19.3 Å². The molecule has 1 fully saturated rings. The molecule has 1 aromatic rings. The maximum atomic E-state index is 12.2. The van der Waals surface area contributed by atoms with E-state index < -0.39 is 42.0 Å². The van der Waals surface area contributed by atoms with E-state index in [1.54, 1.807) is 12.1 Å². The number of rotatable bonds is 6. The molecule has 1 heterocycles. The van der Waals surface area contributed by atoms with Crippen molar-refractivity contribution in [2.24, 2.45) is 0 Å². The molecule has 0 spiro atoms. The lowest BCUT2D eigenvalue weighted by Crippen LogP contribution is -2.42. The molecule has 1 aromatic carbocycles. The molecule has 1 aliphatic rings. The average Bonchev–Trinajstić information content (AvgIpc) is 2.77. The number of urea groups is 1. The zero-order chi connectivity index (χ0) is 20.4. The van der Waals surface area contributed by atoms with Crippen LogP contribution in [0.1, 0.15) is 20.8 Å².